The molecule has 3 heteroatoms. The molecule has 0 amide bonds. The van der Waals surface area contributed by atoms with Crippen LogP contribution in [0.3, 0.4) is 0 Å². The molecule has 1 aromatic carbocycles. The Kier molecular flexibility index (Phi) is 6.80. The Bertz CT molecular complexity index is 810. The van der Waals surface area contributed by atoms with Gasteiger partial charge in [0.2, 0.25) is 0 Å². The summed E-state index contributed by atoms with van der Waals surface area (Å²) >= 11 is 1.56. The largest absolute Gasteiger partial charge is 0.147 e. The zero-order valence-electron chi connectivity index (χ0n) is 17.2. The second-order valence-electron chi connectivity index (χ2n) is 9.67. The Morgan fingerprint density at radius 2 is 1.46 bits per heavy atom. The van der Waals surface area contributed by atoms with Crippen molar-refractivity contribution in [3.05, 3.63) is 57.7 Å². The quantitative estimate of drug-likeness (QED) is 0.366. The molecular weight excluding hydrogens is 438 g/mol. The van der Waals surface area contributed by atoms with E-state index in [0.717, 1.165) is 0 Å². The number of hydrogen-bond acceptors (Lipinski definition) is 0. The first-order valence-electron chi connectivity index (χ1n) is 8.89. The molecule has 0 bridgehead atoms. The Morgan fingerprint density at radius 1 is 0.885 bits per heavy atom. The first-order valence-corrected chi connectivity index (χ1v) is 10.1. The van der Waals surface area contributed by atoms with Gasteiger partial charge in [-0.1, -0.05) is 0 Å². The van der Waals surface area contributed by atoms with Crippen LogP contribution in [0.4, 0.5) is 0 Å². The molecule has 0 spiro atoms. The molecule has 0 radical (unpaired) electrons. The summed E-state index contributed by atoms with van der Waals surface area (Å²) in [5.74, 6) is 0. The van der Waals surface area contributed by atoms with Gasteiger partial charge >= 0.3 is 163 Å². The van der Waals surface area contributed by atoms with E-state index in [-0.39, 0.29) is 38.8 Å². The maximum absolute atomic E-state index is 2.51. The van der Waals surface area contributed by atoms with Gasteiger partial charge in [0, 0.05) is 0 Å². The topological polar surface area (TPSA) is 0 Å². The predicted molar refractivity (Wildman–Crippen MR) is 116 cm³/mol. The van der Waals surface area contributed by atoms with E-state index in [1.54, 1.807) is 24.7 Å². The van der Waals surface area contributed by atoms with Gasteiger partial charge in [0.25, 0.3) is 0 Å². The number of fused-ring (bicyclic) bond motifs is 3. The van der Waals surface area contributed by atoms with E-state index in [1.807, 2.05) is 0 Å². The number of rotatable bonds is 0. The van der Waals surface area contributed by atoms with Crippen molar-refractivity contribution >= 4 is 36.5 Å². The van der Waals surface area contributed by atoms with Gasteiger partial charge in [-0.15, -0.1) is 24.8 Å². The van der Waals surface area contributed by atoms with Crippen LogP contribution in [0.5, 0.6) is 0 Å². The van der Waals surface area contributed by atoms with Gasteiger partial charge in [-0.2, -0.15) is 0 Å². The average Bonchev–Trinajstić information content (AvgIpc) is 2.76. The minimum absolute atomic E-state index is 0. The molecule has 0 aliphatic heterocycles. The zero-order chi connectivity index (χ0) is 18.1. The summed E-state index contributed by atoms with van der Waals surface area (Å²) in [4.78, 5) is 0. The number of benzene rings is 1. The van der Waals surface area contributed by atoms with Crippen molar-refractivity contribution in [1.82, 2.24) is 0 Å². The first kappa shape index (κ1) is 23.9. The molecule has 0 saturated carbocycles. The van der Waals surface area contributed by atoms with Crippen molar-refractivity contribution < 1.29 is 24.7 Å². The molecule has 1 unspecified atom stereocenters. The molecule has 2 aliphatic carbocycles. The summed E-state index contributed by atoms with van der Waals surface area (Å²) in [6.07, 6.45) is 7.41. The van der Waals surface area contributed by atoms with E-state index in [4.69, 9.17) is 0 Å². The van der Waals surface area contributed by atoms with Gasteiger partial charge in [0.1, 0.15) is 0 Å². The maximum Gasteiger partial charge on any atom is -0.147 e. The standard InChI is InChI=1S/C23H29.2ClH.Zr/c1-14-9-16(22(3,4)5)11-20-18(14)13-19-15(2)10-17(12-21(19)20)23(6,7)8;;;/h9-13H,1-8H3;2*1H;. The van der Waals surface area contributed by atoms with Crippen LogP contribution in [0.2, 0.25) is 3.12 Å². The van der Waals surface area contributed by atoms with Crippen molar-refractivity contribution in [3.8, 4) is 0 Å². The predicted octanol–water partition coefficient (Wildman–Crippen LogP) is 7.63. The fourth-order valence-electron chi connectivity index (χ4n) is 3.62. The molecule has 3 rings (SSSR count). The minimum atomic E-state index is 0. The normalized spacial score (nSPS) is 21.4. The molecule has 141 valence electrons. The van der Waals surface area contributed by atoms with Crippen molar-refractivity contribution in [2.75, 3.05) is 0 Å². The van der Waals surface area contributed by atoms with E-state index in [0.29, 0.717) is 0 Å². The SMILES string of the molecule is Cc1cc(C(C)(C)C)cc2c1C=C1C2=CC(C(C)(C)C)=C[C]1(C)[Zr].Cl.Cl. The monoisotopic (exact) mass is 467 g/mol. The number of aryl methyl sites for hydroxylation is 1. The van der Waals surface area contributed by atoms with Gasteiger partial charge in [0.15, 0.2) is 0 Å². The van der Waals surface area contributed by atoms with E-state index in [9.17, 15) is 0 Å². The Hall–Kier alpha value is -0.0969. The van der Waals surface area contributed by atoms with Crippen LogP contribution in [-0.2, 0) is 30.1 Å². The van der Waals surface area contributed by atoms with Gasteiger partial charge in [0.05, 0.1) is 0 Å². The van der Waals surface area contributed by atoms with Crippen LogP contribution in [0.25, 0.3) is 11.6 Å². The molecule has 0 fully saturated rings. The Labute approximate surface area is 187 Å². The summed E-state index contributed by atoms with van der Waals surface area (Å²) in [6, 6.07) is 4.82. The number of hydrogen-bond donors (Lipinski definition) is 0. The van der Waals surface area contributed by atoms with Crippen LogP contribution in [0, 0.1) is 12.3 Å². The Balaban J connectivity index is 0.00000169. The average molecular weight is 470 g/mol. The first-order chi connectivity index (χ1) is 10.8. The third kappa shape index (κ3) is 4.16. The number of allylic oxidation sites excluding steroid dienone is 5. The van der Waals surface area contributed by atoms with Crippen LogP contribution < -0.4 is 0 Å². The van der Waals surface area contributed by atoms with Gasteiger partial charge in [-0.05, 0) is 0 Å². The van der Waals surface area contributed by atoms with E-state index in [1.165, 1.54) is 39.0 Å². The van der Waals surface area contributed by atoms with E-state index in [2.05, 4.69) is 85.8 Å². The van der Waals surface area contributed by atoms with Crippen LogP contribution in [0.1, 0.15) is 70.7 Å². The molecule has 2 aliphatic rings. The molecule has 26 heavy (non-hydrogen) atoms. The summed E-state index contributed by atoms with van der Waals surface area (Å²) < 4.78 is 0.173. The summed E-state index contributed by atoms with van der Waals surface area (Å²) in [5, 5.41) is 0. The van der Waals surface area contributed by atoms with Crippen molar-refractivity contribution in [2.24, 2.45) is 5.41 Å². The van der Waals surface area contributed by atoms with E-state index >= 15 is 0 Å². The van der Waals surface area contributed by atoms with E-state index < -0.39 is 0 Å². The third-order valence-electron chi connectivity index (χ3n) is 5.29. The second kappa shape index (κ2) is 7.38. The van der Waals surface area contributed by atoms with Crippen molar-refractivity contribution in [2.45, 2.75) is 63.9 Å². The molecule has 0 heterocycles. The van der Waals surface area contributed by atoms with Crippen LogP contribution >= 0.6 is 24.8 Å². The molecule has 1 atom stereocenters. The fourth-order valence-corrected chi connectivity index (χ4v) is 4.51. The number of halogens is 2. The van der Waals surface area contributed by atoms with Gasteiger partial charge in [-0.25, -0.2) is 0 Å². The molecule has 0 saturated heterocycles. The molecule has 0 nitrogen and oxygen atoms in total. The van der Waals surface area contributed by atoms with Crippen LogP contribution in [0.15, 0.2) is 35.4 Å². The summed E-state index contributed by atoms with van der Waals surface area (Å²) in [5.41, 5.74) is 10.5. The third-order valence-corrected chi connectivity index (χ3v) is 6.31. The van der Waals surface area contributed by atoms with Crippen molar-refractivity contribution in [3.63, 3.8) is 0 Å². The van der Waals surface area contributed by atoms with Crippen LogP contribution in [-0.4, -0.2) is 0 Å². The molecule has 0 N–H and O–H groups in total. The smallest absolute Gasteiger partial charge is 0.147 e. The van der Waals surface area contributed by atoms with Gasteiger partial charge < -0.3 is 0 Å². The summed E-state index contributed by atoms with van der Waals surface area (Å²) in [6.45, 7) is 18.5. The Morgan fingerprint density at radius 3 is 1.96 bits per heavy atom. The second-order valence-corrected chi connectivity index (χ2v) is 12.2. The molecule has 0 aromatic heterocycles. The van der Waals surface area contributed by atoms with Crippen molar-refractivity contribution in [1.29, 1.82) is 0 Å². The maximum atomic E-state index is 2.51. The molecular formula is C23H31Cl2Zr. The van der Waals surface area contributed by atoms with Gasteiger partial charge in [-0.3, -0.25) is 0 Å². The molecule has 1 aromatic rings. The minimum Gasteiger partial charge on any atom is -0.147 e. The zero-order valence-corrected chi connectivity index (χ0v) is 21.3. The summed E-state index contributed by atoms with van der Waals surface area (Å²) in [7, 11) is 0. The fraction of sp³-hybridized carbons (Fsp3) is 0.478.